The summed E-state index contributed by atoms with van der Waals surface area (Å²) in [6.07, 6.45) is -1.86. The summed E-state index contributed by atoms with van der Waals surface area (Å²) < 4.78 is 46.1. The molecule has 7 nitrogen and oxygen atoms in total. The van der Waals surface area contributed by atoms with E-state index >= 15 is 0 Å². The molecule has 2 aromatic carbocycles. The molecule has 176 valence electrons. The van der Waals surface area contributed by atoms with Crippen LogP contribution in [0, 0.1) is 6.92 Å². The van der Waals surface area contributed by atoms with Crippen molar-refractivity contribution in [3.05, 3.63) is 93.4 Å². The first-order chi connectivity index (χ1) is 16.1. The Bertz CT molecular complexity index is 1300. The zero-order valence-corrected chi connectivity index (χ0v) is 18.2. The molecule has 10 heteroatoms. The summed E-state index contributed by atoms with van der Waals surface area (Å²) >= 11 is 0. The fourth-order valence-electron chi connectivity index (χ4n) is 3.07. The van der Waals surface area contributed by atoms with Crippen molar-refractivity contribution < 1.29 is 27.5 Å². The van der Waals surface area contributed by atoms with E-state index in [0.717, 1.165) is 16.8 Å². The molecular weight excluding hydrogens is 451 g/mol. The van der Waals surface area contributed by atoms with Gasteiger partial charge in [0.1, 0.15) is 0 Å². The molecule has 3 rings (SSSR count). The highest BCUT2D eigenvalue weighted by atomic mass is 19.4. The fourth-order valence-corrected chi connectivity index (χ4v) is 3.07. The van der Waals surface area contributed by atoms with Crippen molar-refractivity contribution in [3.63, 3.8) is 0 Å². The number of ether oxygens (including phenoxy) is 1. The number of amides is 1. The number of aromatic nitrogens is 2. The zero-order chi connectivity index (χ0) is 24.9. The van der Waals surface area contributed by atoms with Crippen molar-refractivity contribution in [1.29, 1.82) is 0 Å². The van der Waals surface area contributed by atoms with Gasteiger partial charge in [0.25, 0.3) is 5.91 Å². The van der Waals surface area contributed by atoms with Gasteiger partial charge < -0.3 is 10.1 Å². The first kappa shape index (κ1) is 24.4. The van der Waals surface area contributed by atoms with Crippen molar-refractivity contribution in [2.75, 3.05) is 11.9 Å². The summed E-state index contributed by atoms with van der Waals surface area (Å²) in [6.45, 7) is 3.37. The molecule has 1 aromatic heterocycles. The smallest absolute Gasteiger partial charge is 0.418 e. The van der Waals surface area contributed by atoms with Crippen LogP contribution in [0.1, 0.15) is 34.2 Å². The van der Waals surface area contributed by atoms with E-state index < -0.39 is 34.7 Å². The Morgan fingerprint density at radius 1 is 1.12 bits per heavy atom. The van der Waals surface area contributed by atoms with Crippen molar-refractivity contribution in [1.82, 2.24) is 9.78 Å². The molecule has 1 amide bonds. The van der Waals surface area contributed by atoms with Gasteiger partial charge in [-0.1, -0.05) is 24.3 Å². The van der Waals surface area contributed by atoms with Crippen LogP contribution in [0.3, 0.4) is 0 Å². The van der Waals surface area contributed by atoms with E-state index in [-0.39, 0.29) is 18.0 Å². The lowest BCUT2D eigenvalue weighted by molar-refractivity contribution is -0.138. The van der Waals surface area contributed by atoms with E-state index in [0.29, 0.717) is 11.3 Å². The zero-order valence-electron chi connectivity index (χ0n) is 18.2. The van der Waals surface area contributed by atoms with Gasteiger partial charge in [-0.25, -0.2) is 9.48 Å². The maximum Gasteiger partial charge on any atom is 0.418 e. The first-order valence-electron chi connectivity index (χ1n) is 10.1. The molecule has 0 atom stereocenters. The molecule has 0 aliphatic rings. The molecule has 1 N–H and O–H groups in total. The summed E-state index contributed by atoms with van der Waals surface area (Å²) in [7, 11) is 0. The molecule has 3 aromatic rings. The number of carbonyl (C=O) groups excluding carboxylic acids is 2. The van der Waals surface area contributed by atoms with Crippen LogP contribution in [0.15, 0.2) is 65.5 Å². The van der Waals surface area contributed by atoms with Gasteiger partial charge in [-0.05, 0) is 49.8 Å². The molecule has 0 aliphatic heterocycles. The van der Waals surface area contributed by atoms with Crippen LogP contribution in [0.5, 0.6) is 0 Å². The standard InChI is InChI=1S/C24H20F3N3O4/c1-3-34-21(32)13-10-16-8-11-17(12-9-16)28-23(33)22-20(31)14-15(2)30(29-22)19-7-5-4-6-18(19)24(25,26)27/h4-14H,3H2,1-2H3,(H,28,33)/b13-10+. The summed E-state index contributed by atoms with van der Waals surface area (Å²) in [5.41, 5.74) is -1.44. The average molecular weight is 471 g/mol. The Kier molecular flexibility index (Phi) is 7.30. The van der Waals surface area contributed by atoms with Crippen molar-refractivity contribution in [2.24, 2.45) is 0 Å². The van der Waals surface area contributed by atoms with E-state index in [4.69, 9.17) is 4.74 Å². The number of aryl methyl sites for hydroxylation is 1. The van der Waals surface area contributed by atoms with E-state index in [1.165, 1.54) is 49.4 Å². The Morgan fingerprint density at radius 3 is 2.44 bits per heavy atom. The number of esters is 1. The number of alkyl halides is 3. The normalized spacial score (nSPS) is 11.4. The highest BCUT2D eigenvalue weighted by Crippen LogP contribution is 2.33. The van der Waals surface area contributed by atoms with Crippen molar-refractivity contribution >= 4 is 23.6 Å². The minimum Gasteiger partial charge on any atom is -0.463 e. The van der Waals surface area contributed by atoms with Gasteiger partial charge in [0.05, 0.1) is 17.9 Å². The fraction of sp³-hybridized carbons (Fsp3) is 0.167. The summed E-state index contributed by atoms with van der Waals surface area (Å²) in [6, 6.07) is 12.1. The van der Waals surface area contributed by atoms with Crippen LogP contribution in [0.25, 0.3) is 11.8 Å². The highest BCUT2D eigenvalue weighted by molar-refractivity contribution is 6.02. The molecule has 34 heavy (non-hydrogen) atoms. The first-order valence-corrected chi connectivity index (χ1v) is 10.1. The van der Waals surface area contributed by atoms with Crippen LogP contribution in [0.4, 0.5) is 18.9 Å². The molecule has 0 unspecified atom stereocenters. The molecule has 0 bridgehead atoms. The van der Waals surface area contributed by atoms with E-state index in [1.807, 2.05) is 0 Å². The number of hydrogen-bond acceptors (Lipinski definition) is 5. The number of para-hydroxylation sites is 1. The molecule has 0 aliphatic carbocycles. The molecule has 0 spiro atoms. The van der Waals surface area contributed by atoms with Gasteiger partial charge in [-0.15, -0.1) is 0 Å². The van der Waals surface area contributed by atoms with E-state index in [2.05, 4.69) is 10.4 Å². The number of halogens is 3. The summed E-state index contributed by atoms with van der Waals surface area (Å²) in [5.74, 6) is -1.37. The van der Waals surface area contributed by atoms with Gasteiger partial charge in [0.2, 0.25) is 5.43 Å². The number of rotatable bonds is 6. The third-order valence-corrected chi connectivity index (χ3v) is 4.63. The molecule has 0 radical (unpaired) electrons. The van der Waals surface area contributed by atoms with E-state index in [1.54, 1.807) is 19.1 Å². The molecule has 0 fully saturated rings. The molecule has 0 saturated heterocycles. The molecule has 0 saturated carbocycles. The second-order valence-electron chi connectivity index (χ2n) is 7.09. The lowest BCUT2D eigenvalue weighted by Gasteiger charge is -2.16. The SMILES string of the molecule is CCOC(=O)/C=C/c1ccc(NC(=O)c2nn(-c3ccccc3C(F)(F)F)c(C)cc2=O)cc1. The molecule has 1 heterocycles. The number of carbonyl (C=O) groups is 2. The summed E-state index contributed by atoms with van der Waals surface area (Å²) in [5, 5.41) is 6.43. The maximum absolute atomic E-state index is 13.4. The van der Waals surface area contributed by atoms with Crippen molar-refractivity contribution in [2.45, 2.75) is 20.0 Å². The Morgan fingerprint density at radius 2 is 1.79 bits per heavy atom. The van der Waals surface area contributed by atoms with Crippen LogP contribution in [0.2, 0.25) is 0 Å². The van der Waals surface area contributed by atoms with Gasteiger partial charge in [0.15, 0.2) is 5.69 Å². The summed E-state index contributed by atoms with van der Waals surface area (Å²) in [4.78, 5) is 36.5. The Balaban J connectivity index is 1.87. The largest absolute Gasteiger partial charge is 0.463 e. The minimum atomic E-state index is -4.65. The third-order valence-electron chi connectivity index (χ3n) is 4.63. The second-order valence-corrected chi connectivity index (χ2v) is 7.09. The minimum absolute atomic E-state index is 0.135. The van der Waals surface area contributed by atoms with Gasteiger partial charge in [-0.3, -0.25) is 9.59 Å². The third kappa shape index (κ3) is 5.77. The Labute approximate surface area is 192 Å². The van der Waals surface area contributed by atoms with Gasteiger partial charge in [0, 0.05) is 23.5 Å². The van der Waals surface area contributed by atoms with Gasteiger partial charge >= 0.3 is 12.1 Å². The topological polar surface area (TPSA) is 90.3 Å². The number of nitrogens with zero attached hydrogens (tertiary/aromatic N) is 2. The van der Waals surface area contributed by atoms with Crippen LogP contribution in [-0.4, -0.2) is 28.3 Å². The maximum atomic E-state index is 13.4. The van der Waals surface area contributed by atoms with Gasteiger partial charge in [-0.2, -0.15) is 18.3 Å². The monoisotopic (exact) mass is 471 g/mol. The lowest BCUT2D eigenvalue weighted by Crippen LogP contribution is -2.27. The number of anilines is 1. The average Bonchev–Trinajstić information content (AvgIpc) is 2.78. The lowest BCUT2D eigenvalue weighted by atomic mass is 10.1. The Hall–Kier alpha value is -4.21. The number of hydrogen-bond donors (Lipinski definition) is 1. The van der Waals surface area contributed by atoms with Crippen molar-refractivity contribution in [3.8, 4) is 5.69 Å². The second kappa shape index (κ2) is 10.2. The highest BCUT2D eigenvalue weighted by Gasteiger charge is 2.34. The molecular formula is C24H20F3N3O4. The number of benzene rings is 2. The number of nitrogens with one attached hydrogen (secondary N) is 1. The quantitative estimate of drug-likeness (QED) is 0.426. The van der Waals surface area contributed by atoms with E-state index in [9.17, 15) is 27.6 Å². The predicted octanol–water partition coefficient (Wildman–Crippen LogP) is 4.39. The predicted molar refractivity (Wildman–Crippen MR) is 120 cm³/mol. The van der Waals surface area contributed by atoms with Crippen LogP contribution < -0.4 is 10.7 Å². The van der Waals surface area contributed by atoms with Crippen LogP contribution >= 0.6 is 0 Å². The van der Waals surface area contributed by atoms with Crippen LogP contribution in [-0.2, 0) is 15.7 Å².